The van der Waals surface area contributed by atoms with Gasteiger partial charge in [0.2, 0.25) is 0 Å². The molecule has 0 amide bonds. The molecule has 1 fully saturated rings. The molecule has 0 bridgehead atoms. The minimum atomic E-state index is -0.867. The van der Waals surface area contributed by atoms with E-state index in [1.165, 1.54) is 0 Å². The highest BCUT2D eigenvalue weighted by Gasteiger charge is 2.23. The van der Waals surface area contributed by atoms with E-state index in [-0.39, 0.29) is 6.04 Å². The van der Waals surface area contributed by atoms with Gasteiger partial charge in [0.05, 0.1) is 0 Å². The average Bonchev–Trinajstić information content (AvgIpc) is 2.97. The Morgan fingerprint density at radius 3 is 2.76 bits per heavy atom. The molecule has 0 saturated carbocycles. The quantitative estimate of drug-likeness (QED) is 0.936. The third-order valence-corrected chi connectivity index (χ3v) is 3.94. The van der Waals surface area contributed by atoms with E-state index in [2.05, 4.69) is 14.9 Å². The van der Waals surface area contributed by atoms with Crippen molar-refractivity contribution in [3.63, 3.8) is 0 Å². The molecule has 1 aliphatic heterocycles. The van der Waals surface area contributed by atoms with Gasteiger partial charge in [-0.15, -0.1) is 0 Å². The van der Waals surface area contributed by atoms with Gasteiger partial charge in [-0.3, -0.25) is 0 Å². The van der Waals surface area contributed by atoms with Gasteiger partial charge in [-0.05, 0) is 38.0 Å². The van der Waals surface area contributed by atoms with Crippen LogP contribution in [0.3, 0.4) is 0 Å². The normalized spacial score (nSPS) is 16.1. The molecule has 110 valence electrons. The molecule has 0 spiro atoms. The summed E-state index contributed by atoms with van der Waals surface area (Å²) in [7, 11) is 0. The molecule has 0 unspecified atom stereocenters. The van der Waals surface area contributed by atoms with Crippen molar-refractivity contribution in [2.75, 3.05) is 18.0 Å². The number of piperidine rings is 1. The Balaban J connectivity index is 1.70. The summed E-state index contributed by atoms with van der Waals surface area (Å²) in [4.78, 5) is 22.0. The van der Waals surface area contributed by atoms with Gasteiger partial charge in [0.1, 0.15) is 17.3 Å². The molecular formula is C15H18N4O2. The van der Waals surface area contributed by atoms with Crippen LogP contribution in [0.4, 0.5) is 5.82 Å². The van der Waals surface area contributed by atoms with Crippen LogP contribution in [0, 0.1) is 6.92 Å². The lowest BCUT2D eigenvalue weighted by Crippen LogP contribution is -2.35. The smallest absolute Gasteiger partial charge is 0.352 e. The minimum Gasteiger partial charge on any atom is -0.477 e. The van der Waals surface area contributed by atoms with E-state index >= 15 is 0 Å². The molecular weight excluding hydrogens is 268 g/mol. The van der Waals surface area contributed by atoms with E-state index in [4.69, 9.17) is 0 Å². The Morgan fingerprint density at radius 2 is 2.10 bits per heavy atom. The van der Waals surface area contributed by atoms with Crippen molar-refractivity contribution in [1.82, 2.24) is 14.5 Å². The Bertz CT molecular complexity index is 645. The maximum absolute atomic E-state index is 11.2. The van der Waals surface area contributed by atoms with Gasteiger partial charge >= 0.3 is 5.97 Å². The first-order chi connectivity index (χ1) is 10.1. The van der Waals surface area contributed by atoms with Crippen LogP contribution in [0.15, 0.2) is 30.6 Å². The zero-order chi connectivity index (χ0) is 14.8. The summed E-state index contributed by atoms with van der Waals surface area (Å²) in [5, 5.41) is 9.20. The number of hydrogen-bond acceptors (Lipinski definition) is 4. The van der Waals surface area contributed by atoms with Gasteiger partial charge in [0.15, 0.2) is 0 Å². The van der Waals surface area contributed by atoms with Crippen LogP contribution in [0.2, 0.25) is 0 Å². The molecule has 6 nitrogen and oxygen atoms in total. The first-order valence-electron chi connectivity index (χ1n) is 7.10. The zero-order valence-corrected chi connectivity index (χ0v) is 11.9. The molecule has 6 heteroatoms. The SMILES string of the molecule is Cc1nccc(N2CCC(n3cccc3C(=O)O)CC2)n1. The summed E-state index contributed by atoms with van der Waals surface area (Å²) in [6, 6.07) is 5.61. The molecule has 21 heavy (non-hydrogen) atoms. The summed E-state index contributed by atoms with van der Waals surface area (Å²) in [6.07, 6.45) is 5.47. The third-order valence-electron chi connectivity index (χ3n) is 3.94. The topological polar surface area (TPSA) is 71.2 Å². The first-order valence-corrected chi connectivity index (χ1v) is 7.10. The second kappa shape index (κ2) is 5.55. The number of hydrogen-bond donors (Lipinski definition) is 1. The lowest BCUT2D eigenvalue weighted by molar-refractivity contribution is 0.0681. The molecule has 2 aromatic heterocycles. The van der Waals surface area contributed by atoms with Crippen molar-refractivity contribution in [2.45, 2.75) is 25.8 Å². The molecule has 3 rings (SSSR count). The number of anilines is 1. The van der Waals surface area contributed by atoms with Crippen LogP contribution >= 0.6 is 0 Å². The fourth-order valence-corrected chi connectivity index (χ4v) is 2.89. The van der Waals surface area contributed by atoms with Crippen LogP contribution in [-0.2, 0) is 0 Å². The molecule has 3 heterocycles. The highest BCUT2D eigenvalue weighted by molar-refractivity contribution is 5.85. The Labute approximate surface area is 123 Å². The molecule has 1 aliphatic rings. The molecule has 0 atom stereocenters. The van der Waals surface area contributed by atoms with Crippen molar-refractivity contribution < 1.29 is 9.90 Å². The molecule has 1 saturated heterocycles. The highest BCUT2D eigenvalue weighted by Crippen LogP contribution is 2.26. The number of aromatic nitrogens is 3. The van der Waals surface area contributed by atoms with Gasteiger partial charge in [-0.2, -0.15) is 0 Å². The van der Waals surface area contributed by atoms with E-state index in [1.807, 2.05) is 23.8 Å². The Hall–Kier alpha value is -2.37. The van der Waals surface area contributed by atoms with Crippen molar-refractivity contribution in [2.24, 2.45) is 0 Å². The second-order valence-electron chi connectivity index (χ2n) is 5.29. The van der Waals surface area contributed by atoms with Gasteiger partial charge < -0.3 is 14.6 Å². The van der Waals surface area contributed by atoms with Gasteiger partial charge in [-0.25, -0.2) is 14.8 Å². The van der Waals surface area contributed by atoms with Crippen LogP contribution in [0.5, 0.6) is 0 Å². The summed E-state index contributed by atoms with van der Waals surface area (Å²) in [5.74, 6) is 0.856. The van der Waals surface area contributed by atoms with E-state index in [1.54, 1.807) is 18.3 Å². The van der Waals surface area contributed by atoms with E-state index in [0.717, 1.165) is 37.6 Å². The van der Waals surface area contributed by atoms with Crippen LogP contribution in [0.25, 0.3) is 0 Å². The lowest BCUT2D eigenvalue weighted by Gasteiger charge is -2.34. The highest BCUT2D eigenvalue weighted by atomic mass is 16.4. The number of aryl methyl sites for hydroxylation is 1. The first kappa shape index (κ1) is 13.6. The number of carboxylic acids is 1. The van der Waals surface area contributed by atoms with Crippen molar-refractivity contribution >= 4 is 11.8 Å². The molecule has 0 aromatic carbocycles. The molecule has 0 radical (unpaired) electrons. The number of carbonyl (C=O) groups is 1. The fourth-order valence-electron chi connectivity index (χ4n) is 2.89. The van der Waals surface area contributed by atoms with Crippen LogP contribution in [-0.4, -0.2) is 38.7 Å². The molecule has 0 aliphatic carbocycles. The van der Waals surface area contributed by atoms with Gasteiger partial charge in [0, 0.05) is 31.5 Å². The summed E-state index contributed by atoms with van der Waals surface area (Å²) in [5.41, 5.74) is 0.367. The minimum absolute atomic E-state index is 0.241. The van der Waals surface area contributed by atoms with E-state index in [0.29, 0.717) is 5.69 Å². The molecule has 1 N–H and O–H groups in total. The number of nitrogens with zero attached hydrogens (tertiary/aromatic N) is 4. The monoisotopic (exact) mass is 286 g/mol. The number of aromatic carboxylic acids is 1. The van der Waals surface area contributed by atoms with Crippen LogP contribution < -0.4 is 4.90 Å². The fraction of sp³-hybridized carbons (Fsp3) is 0.400. The summed E-state index contributed by atoms with van der Waals surface area (Å²) >= 11 is 0. The standard InChI is InChI=1S/C15H18N4O2/c1-11-16-7-4-14(17-11)18-9-5-12(6-10-18)19-8-2-3-13(19)15(20)21/h2-4,7-8,12H,5-6,9-10H2,1H3,(H,20,21). The van der Waals surface area contributed by atoms with Crippen LogP contribution in [0.1, 0.15) is 35.2 Å². The van der Waals surface area contributed by atoms with Gasteiger partial charge in [-0.1, -0.05) is 0 Å². The lowest BCUT2D eigenvalue weighted by atomic mass is 10.0. The molecule has 2 aromatic rings. The van der Waals surface area contributed by atoms with Crippen molar-refractivity contribution in [1.29, 1.82) is 0 Å². The third kappa shape index (κ3) is 2.74. The number of carboxylic acid groups (broad SMARTS) is 1. The Morgan fingerprint density at radius 1 is 1.33 bits per heavy atom. The van der Waals surface area contributed by atoms with Crippen molar-refractivity contribution in [3.05, 3.63) is 42.1 Å². The maximum atomic E-state index is 11.2. The summed E-state index contributed by atoms with van der Waals surface area (Å²) in [6.45, 7) is 3.63. The van der Waals surface area contributed by atoms with Gasteiger partial charge in [0.25, 0.3) is 0 Å². The number of rotatable bonds is 3. The van der Waals surface area contributed by atoms with E-state index in [9.17, 15) is 9.90 Å². The Kier molecular flexibility index (Phi) is 3.60. The predicted molar refractivity (Wildman–Crippen MR) is 78.6 cm³/mol. The predicted octanol–water partition coefficient (Wildman–Crippen LogP) is 2.13. The maximum Gasteiger partial charge on any atom is 0.352 e. The van der Waals surface area contributed by atoms with Crippen molar-refractivity contribution in [3.8, 4) is 0 Å². The van der Waals surface area contributed by atoms with E-state index < -0.39 is 5.97 Å². The average molecular weight is 286 g/mol. The second-order valence-corrected chi connectivity index (χ2v) is 5.29. The zero-order valence-electron chi connectivity index (χ0n) is 11.9. The summed E-state index contributed by atoms with van der Waals surface area (Å²) < 4.78 is 1.88. The largest absolute Gasteiger partial charge is 0.477 e.